The van der Waals surface area contributed by atoms with Crippen molar-refractivity contribution >= 4 is 17.4 Å². The molecule has 0 aromatic carbocycles. The molecule has 1 aliphatic heterocycles. The van der Waals surface area contributed by atoms with E-state index in [-0.39, 0.29) is 0 Å². The van der Waals surface area contributed by atoms with Gasteiger partial charge in [-0.25, -0.2) is 0 Å². The summed E-state index contributed by atoms with van der Waals surface area (Å²) in [6.45, 7) is 11.3. The molecule has 4 heteroatoms. The van der Waals surface area contributed by atoms with Crippen LogP contribution in [-0.2, 0) is 12.9 Å². The van der Waals surface area contributed by atoms with Crippen LogP contribution in [0.3, 0.4) is 0 Å². The van der Waals surface area contributed by atoms with E-state index in [9.17, 15) is 0 Å². The maximum atomic E-state index is 6.09. The molecule has 0 saturated carbocycles. The summed E-state index contributed by atoms with van der Waals surface area (Å²) < 4.78 is 1.99. The summed E-state index contributed by atoms with van der Waals surface area (Å²) in [5, 5.41) is 4.52. The Morgan fingerprint density at radius 3 is 2.32 bits per heavy atom. The highest BCUT2D eigenvalue weighted by atomic mass is 35.5. The Morgan fingerprint density at radius 1 is 1.26 bits per heavy atom. The van der Waals surface area contributed by atoms with Gasteiger partial charge < -0.3 is 4.90 Å². The number of aryl methyl sites for hydroxylation is 2. The lowest BCUT2D eigenvalue weighted by Crippen LogP contribution is -2.39. The molecular formula is C15H26ClN3. The van der Waals surface area contributed by atoms with E-state index in [1.54, 1.807) is 0 Å². The molecule has 108 valence electrons. The van der Waals surface area contributed by atoms with E-state index in [1.807, 2.05) is 18.7 Å². The van der Waals surface area contributed by atoms with Gasteiger partial charge in [-0.3, -0.25) is 4.68 Å². The smallest absolute Gasteiger partial charge is 0.131 e. The van der Waals surface area contributed by atoms with Gasteiger partial charge in [-0.1, -0.05) is 20.8 Å². The van der Waals surface area contributed by atoms with Crippen LogP contribution in [-0.4, -0.2) is 22.9 Å². The average Bonchev–Trinajstić information content (AvgIpc) is 2.62. The van der Waals surface area contributed by atoms with Crippen LogP contribution >= 0.6 is 11.6 Å². The van der Waals surface area contributed by atoms with Crippen molar-refractivity contribution in [2.45, 2.75) is 46.4 Å². The van der Waals surface area contributed by atoms with Crippen LogP contribution in [0.25, 0.3) is 0 Å². The highest BCUT2D eigenvalue weighted by Crippen LogP contribution is 2.36. The lowest BCUT2D eigenvalue weighted by atomic mass is 9.75. The largest absolute Gasteiger partial charge is 0.357 e. The second-order valence-corrected chi connectivity index (χ2v) is 7.04. The summed E-state index contributed by atoms with van der Waals surface area (Å²) in [4.78, 5) is 2.46. The predicted molar refractivity (Wildman–Crippen MR) is 81.9 cm³/mol. The maximum Gasteiger partial charge on any atom is 0.131 e. The quantitative estimate of drug-likeness (QED) is 0.771. The molecule has 0 spiro atoms. The first-order valence-corrected chi connectivity index (χ1v) is 7.71. The highest BCUT2D eigenvalue weighted by molar-refractivity contribution is 6.17. The van der Waals surface area contributed by atoms with Crippen LogP contribution < -0.4 is 4.90 Å². The van der Waals surface area contributed by atoms with Gasteiger partial charge in [0, 0.05) is 25.7 Å². The fourth-order valence-corrected chi connectivity index (χ4v) is 3.51. The molecule has 1 saturated heterocycles. The van der Waals surface area contributed by atoms with E-state index in [1.165, 1.54) is 24.2 Å². The van der Waals surface area contributed by atoms with Gasteiger partial charge in [0.15, 0.2) is 0 Å². The summed E-state index contributed by atoms with van der Waals surface area (Å²) in [5.41, 5.74) is 2.67. The molecule has 0 radical (unpaired) electrons. The molecule has 0 N–H and O–H groups in total. The van der Waals surface area contributed by atoms with Crippen molar-refractivity contribution in [3.8, 4) is 0 Å². The van der Waals surface area contributed by atoms with E-state index in [0.717, 1.165) is 24.7 Å². The summed E-state index contributed by atoms with van der Waals surface area (Å²) in [6.07, 6.45) is 2.52. The molecule has 19 heavy (non-hydrogen) atoms. The van der Waals surface area contributed by atoms with E-state index in [2.05, 4.69) is 30.8 Å². The summed E-state index contributed by atoms with van der Waals surface area (Å²) in [7, 11) is 2.02. The third kappa shape index (κ3) is 2.91. The SMILES string of the molecule is Cc1nn(C)c(N2CCC(C(C)(C)C)CC2)c1CCl. The number of piperidine rings is 1. The van der Waals surface area contributed by atoms with Crippen molar-refractivity contribution in [3.05, 3.63) is 11.3 Å². The minimum absolute atomic E-state index is 0.420. The van der Waals surface area contributed by atoms with E-state index >= 15 is 0 Å². The Labute approximate surface area is 121 Å². The molecule has 2 heterocycles. The summed E-state index contributed by atoms with van der Waals surface area (Å²) in [6, 6.07) is 0. The average molecular weight is 284 g/mol. The van der Waals surface area contributed by atoms with Crippen LogP contribution in [0.1, 0.15) is 44.9 Å². The van der Waals surface area contributed by atoms with Gasteiger partial charge in [-0.2, -0.15) is 5.10 Å². The second-order valence-electron chi connectivity index (χ2n) is 6.77. The van der Waals surface area contributed by atoms with Gasteiger partial charge in [0.1, 0.15) is 5.82 Å². The third-order valence-electron chi connectivity index (χ3n) is 4.47. The Bertz CT molecular complexity index is 437. The molecule has 0 aliphatic carbocycles. The molecule has 1 fully saturated rings. The first kappa shape index (κ1) is 14.7. The number of halogens is 1. The number of anilines is 1. The van der Waals surface area contributed by atoms with Crippen molar-refractivity contribution in [1.29, 1.82) is 0 Å². The highest BCUT2D eigenvalue weighted by Gasteiger charge is 2.30. The molecular weight excluding hydrogens is 258 g/mol. The number of nitrogens with zero attached hydrogens (tertiary/aromatic N) is 3. The van der Waals surface area contributed by atoms with Gasteiger partial charge in [0.05, 0.1) is 11.6 Å². The molecule has 0 amide bonds. The van der Waals surface area contributed by atoms with Gasteiger partial charge in [-0.05, 0) is 31.1 Å². The fraction of sp³-hybridized carbons (Fsp3) is 0.800. The van der Waals surface area contributed by atoms with Crippen LogP contribution in [0.2, 0.25) is 0 Å². The third-order valence-corrected chi connectivity index (χ3v) is 4.73. The van der Waals surface area contributed by atoms with Crippen LogP contribution in [0.15, 0.2) is 0 Å². The summed E-state index contributed by atoms with van der Waals surface area (Å²) in [5.74, 6) is 2.59. The van der Waals surface area contributed by atoms with Crippen molar-refractivity contribution in [2.75, 3.05) is 18.0 Å². The predicted octanol–water partition coefficient (Wildman–Crippen LogP) is 3.73. The number of hydrogen-bond acceptors (Lipinski definition) is 2. The molecule has 1 aromatic rings. The Hall–Kier alpha value is -0.700. The van der Waals surface area contributed by atoms with Crippen molar-refractivity contribution in [2.24, 2.45) is 18.4 Å². The van der Waals surface area contributed by atoms with E-state index < -0.39 is 0 Å². The zero-order valence-electron chi connectivity index (χ0n) is 12.8. The number of rotatable bonds is 2. The van der Waals surface area contributed by atoms with Crippen molar-refractivity contribution < 1.29 is 0 Å². The van der Waals surface area contributed by atoms with E-state index in [0.29, 0.717) is 11.3 Å². The second kappa shape index (κ2) is 5.35. The zero-order valence-corrected chi connectivity index (χ0v) is 13.6. The topological polar surface area (TPSA) is 21.1 Å². The standard InChI is InChI=1S/C15H26ClN3/c1-11-13(10-16)14(18(5)17-11)19-8-6-12(7-9-19)15(2,3)4/h12H,6-10H2,1-5H3. The number of aromatic nitrogens is 2. The molecule has 1 aromatic heterocycles. The molecule has 0 unspecified atom stereocenters. The van der Waals surface area contributed by atoms with Crippen LogP contribution in [0.4, 0.5) is 5.82 Å². The molecule has 1 aliphatic rings. The lowest BCUT2D eigenvalue weighted by Gasteiger charge is -2.39. The first-order chi connectivity index (χ1) is 8.84. The maximum absolute atomic E-state index is 6.09. The Morgan fingerprint density at radius 2 is 1.84 bits per heavy atom. The van der Waals surface area contributed by atoms with E-state index in [4.69, 9.17) is 11.6 Å². The van der Waals surface area contributed by atoms with Gasteiger partial charge in [-0.15, -0.1) is 11.6 Å². The minimum Gasteiger partial charge on any atom is -0.357 e. The van der Waals surface area contributed by atoms with Gasteiger partial charge in [0.25, 0.3) is 0 Å². The normalized spacial score (nSPS) is 18.1. The number of hydrogen-bond donors (Lipinski definition) is 0. The van der Waals surface area contributed by atoms with Gasteiger partial charge >= 0.3 is 0 Å². The van der Waals surface area contributed by atoms with Crippen LogP contribution in [0, 0.1) is 18.3 Å². The zero-order chi connectivity index (χ0) is 14.2. The molecule has 0 atom stereocenters. The molecule has 0 bridgehead atoms. The molecule has 3 nitrogen and oxygen atoms in total. The first-order valence-electron chi connectivity index (χ1n) is 7.18. The Balaban J connectivity index is 2.14. The van der Waals surface area contributed by atoms with Crippen molar-refractivity contribution in [1.82, 2.24) is 9.78 Å². The Kier molecular flexibility index (Phi) is 4.14. The fourth-order valence-electron chi connectivity index (χ4n) is 3.20. The summed E-state index contributed by atoms with van der Waals surface area (Å²) >= 11 is 6.09. The minimum atomic E-state index is 0.420. The van der Waals surface area contributed by atoms with Crippen molar-refractivity contribution in [3.63, 3.8) is 0 Å². The lowest BCUT2D eigenvalue weighted by molar-refractivity contribution is 0.198. The van der Waals surface area contributed by atoms with Gasteiger partial charge in [0.2, 0.25) is 0 Å². The van der Waals surface area contributed by atoms with Crippen LogP contribution in [0.5, 0.6) is 0 Å². The monoisotopic (exact) mass is 283 g/mol. The number of alkyl halides is 1. The molecule has 2 rings (SSSR count).